The molecule has 0 atom stereocenters. The number of amides is 2. The second-order valence-electron chi connectivity index (χ2n) is 5.42. The van der Waals surface area contributed by atoms with E-state index in [-0.39, 0.29) is 36.4 Å². The maximum atomic E-state index is 13.1. The van der Waals surface area contributed by atoms with E-state index in [1.165, 1.54) is 12.1 Å². The predicted octanol–water partition coefficient (Wildman–Crippen LogP) is 1.09. The number of carbonyl (C=O) groups excluding carboxylic acids is 2. The number of nitrogens with zero attached hydrogens (tertiary/aromatic N) is 2. The number of hydrogen-bond donors (Lipinski definition) is 2. The Hall–Kier alpha value is -2.90. The first-order valence-electron chi connectivity index (χ1n) is 7.60. The Morgan fingerprint density at radius 1 is 1.33 bits per heavy atom. The van der Waals surface area contributed by atoms with Crippen molar-refractivity contribution in [3.8, 4) is 5.75 Å². The van der Waals surface area contributed by atoms with Crippen LogP contribution in [0.3, 0.4) is 0 Å². The van der Waals surface area contributed by atoms with Gasteiger partial charge in [-0.1, -0.05) is 6.07 Å². The molecule has 126 valence electrons. The number of rotatable bonds is 4. The SMILES string of the molecule is O=C1CCN(C(=O)c2cc(COc3cccc(F)c3)[nH]n2)CCN1. The number of ether oxygens (including phenoxy) is 1. The molecular weight excluding hydrogens is 315 g/mol. The number of aromatic amines is 1. The number of H-pyrrole nitrogens is 1. The zero-order valence-electron chi connectivity index (χ0n) is 12.9. The van der Waals surface area contributed by atoms with Crippen LogP contribution in [-0.2, 0) is 11.4 Å². The molecule has 2 aromatic rings. The maximum Gasteiger partial charge on any atom is 0.274 e. The highest BCUT2D eigenvalue weighted by Gasteiger charge is 2.21. The summed E-state index contributed by atoms with van der Waals surface area (Å²) in [7, 11) is 0. The maximum absolute atomic E-state index is 13.1. The first-order chi connectivity index (χ1) is 11.6. The molecule has 2 N–H and O–H groups in total. The molecule has 0 saturated carbocycles. The van der Waals surface area contributed by atoms with E-state index < -0.39 is 0 Å². The second-order valence-corrected chi connectivity index (χ2v) is 5.42. The molecule has 8 heteroatoms. The molecule has 1 saturated heterocycles. The van der Waals surface area contributed by atoms with Crippen molar-refractivity contribution in [1.82, 2.24) is 20.4 Å². The lowest BCUT2D eigenvalue weighted by molar-refractivity contribution is -0.120. The number of nitrogens with one attached hydrogen (secondary N) is 2. The highest BCUT2D eigenvalue weighted by atomic mass is 19.1. The molecule has 0 unspecified atom stereocenters. The summed E-state index contributed by atoms with van der Waals surface area (Å²) in [5.41, 5.74) is 0.869. The largest absolute Gasteiger partial charge is 0.487 e. The predicted molar refractivity (Wildman–Crippen MR) is 82.8 cm³/mol. The van der Waals surface area contributed by atoms with Crippen molar-refractivity contribution in [2.45, 2.75) is 13.0 Å². The highest BCUT2D eigenvalue weighted by Crippen LogP contribution is 2.14. The van der Waals surface area contributed by atoms with Gasteiger partial charge in [0.05, 0.1) is 5.69 Å². The zero-order valence-corrected chi connectivity index (χ0v) is 12.9. The standard InChI is InChI=1S/C16H17FN4O3/c17-11-2-1-3-13(8-11)24-10-12-9-14(20-19-12)16(23)21-6-4-15(22)18-5-7-21/h1-3,8-9H,4-7,10H2,(H,18,22)(H,19,20). The summed E-state index contributed by atoms with van der Waals surface area (Å²) in [6.07, 6.45) is 0.283. The Balaban J connectivity index is 1.60. The van der Waals surface area contributed by atoms with Crippen LogP contribution in [0.15, 0.2) is 30.3 Å². The molecule has 2 heterocycles. The van der Waals surface area contributed by atoms with Crippen LogP contribution in [0, 0.1) is 5.82 Å². The summed E-state index contributed by atoms with van der Waals surface area (Å²) in [5, 5.41) is 9.45. The minimum atomic E-state index is -0.378. The van der Waals surface area contributed by atoms with Gasteiger partial charge in [-0.3, -0.25) is 14.7 Å². The van der Waals surface area contributed by atoms with E-state index in [9.17, 15) is 14.0 Å². The van der Waals surface area contributed by atoms with Crippen LogP contribution in [0.1, 0.15) is 22.6 Å². The average Bonchev–Trinajstić information content (AvgIpc) is 2.94. The van der Waals surface area contributed by atoms with Gasteiger partial charge >= 0.3 is 0 Å². The molecule has 2 amide bonds. The van der Waals surface area contributed by atoms with E-state index in [1.807, 2.05) is 0 Å². The quantitative estimate of drug-likeness (QED) is 0.877. The van der Waals surface area contributed by atoms with Crippen molar-refractivity contribution >= 4 is 11.8 Å². The Kier molecular flexibility index (Phi) is 4.74. The molecule has 1 aliphatic rings. The Bertz CT molecular complexity index is 746. The third-order valence-electron chi connectivity index (χ3n) is 3.64. The van der Waals surface area contributed by atoms with Gasteiger partial charge in [0, 0.05) is 32.1 Å². The summed E-state index contributed by atoms with van der Waals surface area (Å²) < 4.78 is 18.5. The van der Waals surface area contributed by atoms with Gasteiger partial charge in [-0.25, -0.2) is 4.39 Å². The molecule has 0 spiro atoms. The van der Waals surface area contributed by atoms with E-state index >= 15 is 0 Å². The van der Waals surface area contributed by atoms with Crippen LogP contribution in [0.2, 0.25) is 0 Å². The van der Waals surface area contributed by atoms with E-state index in [2.05, 4.69) is 15.5 Å². The van der Waals surface area contributed by atoms with Crippen molar-refractivity contribution in [1.29, 1.82) is 0 Å². The van der Waals surface area contributed by atoms with Crippen molar-refractivity contribution in [2.24, 2.45) is 0 Å². The fourth-order valence-corrected chi connectivity index (χ4v) is 2.40. The Morgan fingerprint density at radius 2 is 2.21 bits per heavy atom. The normalized spacial score (nSPS) is 14.9. The van der Waals surface area contributed by atoms with Crippen molar-refractivity contribution in [2.75, 3.05) is 19.6 Å². The first-order valence-corrected chi connectivity index (χ1v) is 7.60. The molecule has 1 fully saturated rings. The molecule has 24 heavy (non-hydrogen) atoms. The summed E-state index contributed by atoms with van der Waals surface area (Å²) in [4.78, 5) is 25.3. The Morgan fingerprint density at radius 3 is 3.04 bits per heavy atom. The van der Waals surface area contributed by atoms with Gasteiger partial charge in [-0.2, -0.15) is 5.10 Å². The average molecular weight is 332 g/mol. The van der Waals surface area contributed by atoms with Gasteiger partial charge < -0.3 is 15.0 Å². The van der Waals surface area contributed by atoms with Gasteiger partial charge in [0.15, 0.2) is 5.69 Å². The van der Waals surface area contributed by atoms with Crippen LogP contribution in [0.25, 0.3) is 0 Å². The summed E-state index contributed by atoms with van der Waals surface area (Å²) in [5.74, 6) is -0.275. The first kappa shape index (κ1) is 16.0. The van der Waals surface area contributed by atoms with E-state index in [4.69, 9.17) is 4.74 Å². The minimum Gasteiger partial charge on any atom is -0.487 e. The Labute approximate surface area is 137 Å². The summed E-state index contributed by atoms with van der Waals surface area (Å²) in [6, 6.07) is 7.42. The fourth-order valence-electron chi connectivity index (χ4n) is 2.40. The number of benzene rings is 1. The van der Waals surface area contributed by atoms with Crippen LogP contribution in [0.4, 0.5) is 4.39 Å². The molecule has 3 rings (SSSR count). The minimum absolute atomic E-state index is 0.0588. The lowest BCUT2D eigenvalue weighted by atomic mass is 10.3. The monoisotopic (exact) mass is 332 g/mol. The second kappa shape index (κ2) is 7.12. The zero-order chi connectivity index (χ0) is 16.9. The fraction of sp³-hybridized carbons (Fsp3) is 0.312. The van der Waals surface area contributed by atoms with Crippen molar-refractivity contribution in [3.05, 3.63) is 47.5 Å². The summed E-state index contributed by atoms with van der Waals surface area (Å²) in [6.45, 7) is 1.40. The number of hydrogen-bond acceptors (Lipinski definition) is 4. The third-order valence-corrected chi connectivity index (χ3v) is 3.64. The topological polar surface area (TPSA) is 87.3 Å². The van der Waals surface area contributed by atoms with E-state index in [1.54, 1.807) is 23.1 Å². The van der Waals surface area contributed by atoms with Gasteiger partial charge in [0.1, 0.15) is 18.2 Å². The molecular formula is C16H17FN4O3. The molecule has 1 aromatic carbocycles. The lowest BCUT2D eigenvalue weighted by Crippen LogP contribution is -2.34. The van der Waals surface area contributed by atoms with E-state index in [0.717, 1.165) is 0 Å². The van der Waals surface area contributed by atoms with Crippen LogP contribution < -0.4 is 10.1 Å². The molecule has 7 nitrogen and oxygen atoms in total. The molecule has 0 bridgehead atoms. The molecule has 1 aromatic heterocycles. The number of aromatic nitrogens is 2. The molecule has 1 aliphatic heterocycles. The molecule has 0 radical (unpaired) electrons. The molecule has 0 aliphatic carbocycles. The summed E-state index contributed by atoms with van der Waals surface area (Å²) >= 11 is 0. The third kappa shape index (κ3) is 3.89. The lowest BCUT2D eigenvalue weighted by Gasteiger charge is -2.17. The van der Waals surface area contributed by atoms with Crippen molar-refractivity contribution < 1.29 is 18.7 Å². The number of halogens is 1. The van der Waals surface area contributed by atoms with Gasteiger partial charge in [0.2, 0.25) is 5.91 Å². The highest BCUT2D eigenvalue weighted by molar-refractivity contribution is 5.93. The van der Waals surface area contributed by atoms with Crippen LogP contribution in [0.5, 0.6) is 5.75 Å². The smallest absolute Gasteiger partial charge is 0.274 e. The van der Waals surface area contributed by atoms with Gasteiger partial charge in [-0.15, -0.1) is 0 Å². The van der Waals surface area contributed by atoms with Crippen LogP contribution in [-0.4, -0.2) is 46.5 Å². The van der Waals surface area contributed by atoms with Crippen LogP contribution >= 0.6 is 0 Å². The van der Waals surface area contributed by atoms with Gasteiger partial charge in [0.25, 0.3) is 5.91 Å². The number of carbonyl (C=O) groups is 2. The van der Waals surface area contributed by atoms with Crippen molar-refractivity contribution in [3.63, 3.8) is 0 Å². The van der Waals surface area contributed by atoms with Gasteiger partial charge in [-0.05, 0) is 18.2 Å². The van der Waals surface area contributed by atoms with E-state index in [0.29, 0.717) is 31.1 Å².